The molecule has 2 aromatic carbocycles. The standard InChI is InChI=1S/C16H17NO2/c1-17(9-12-5-3-2-4-6-12)10-13-7-15(18)16(19)8-14(13)11-17/h2-8H,9-11H2,1H3,(H-,18,19)/p+1. The number of phenols is 2. The number of hydrogen-bond acceptors (Lipinski definition) is 2. The highest BCUT2D eigenvalue weighted by Crippen LogP contribution is 2.36. The third-order valence-corrected chi connectivity index (χ3v) is 3.81. The third kappa shape index (κ3) is 2.29. The molecule has 0 saturated heterocycles. The van der Waals surface area contributed by atoms with Crippen molar-refractivity contribution in [2.24, 2.45) is 0 Å². The molecule has 0 aromatic heterocycles. The highest BCUT2D eigenvalue weighted by Gasteiger charge is 2.32. The number of rotatable bonds is 2. The predicted octanol–water partition coefficient (Wildman–Crippen LogP) is 2.76. The Morgan fingerprint density at radius 3 is 2.00 bits per heavy atom. The van der Waals surface area contributed by atoms with E-state index < -0.39 is 0 Å². The summed E-state index contributed by atoms with van der Waals surface area (Å²) in [6.07, 6.45) is 0. The van der Waals surface area contributed by atoms with Crippen LogP contribution in [0.2, 0.25) is 0 Å². The number of benzene rings is 2. The number of nitrogens with zero attached hydrogens (tertiary/aromatic N) is 1. The largest absolute Gasteiger partial charge is 0.504 e. The molecule has 0 aliphatic carbocycles. The van der Waals surface area contributed by atoms with Gasteiger partial charge in [-0.2, -0.15) is 0 Å². The van der Waals surface area contributed by atoms with Gasteiger partial charge in [0.05, 0.1) is 7.05 Å². The summed E-state index contributed by atoms with van der Waals surface area (Å²) in [4.78, 5) is 0. The van der Waals surface area contributed by atoms with Crippen LogP contribution in [0.5, 0.6) is 11.5 Å². The number of hydrogen-bond donors (Lipinski definition) is 2. The Morgan fingerprint density at radius 2 is 1.47 bits per heavy atom. The minimum Gasteiger partial charge on any atom is -0.504 e. The molecular weight excluding hydrogens is 238 g/mol. The number of quaternary nitrogens is 1. The first-order valence-corrected chi connectivity index (χ1v) is 6.47. The molecule has 2 N–H and O–H groups in total. The Hall–Kier alpha value is -2.00. The molecule has 0 amide bonds. The van der Waals surface area contributed by atoms with Crippen molar-refractivity contribution in [2.45, 2.75) is 19.6 Å². The van der Waals surface area contributed by atoms with Crippen LogP contribution in [0.25, 0.3) is 0 Å². The Balaban J connectivity index is 1.86. The van der Waals surface area contributed by atoms with E-state index in [0.29, 0.717) is 0 Å². The molecule has 1 aliphatic rings. The van der Waals surface area contributed by atoms with Crippen LogP contribution in [-0.4, -0.2) is 21.7 Å². The third-order valence-electron chi connectivity index (χ3n) is 3.81. The van der Waals surface area contributed by atoms with Crippen LogP contribution in [0.3, 0.4) is 0 Å². The van der Waals surface area contributed by atoms with Crippen LogP contribution in [0.15, 0.2) is 42.5 Å². The summed E-state index contributed by atoms with van der Waals surface area (Å²) < 4.78 is 0.877. The molecule has 0 spiro atoms. The molecule has 3 heteroatoms. The van der Waals surface area contributed by atoms with Crippen LogP contribution in [0.1, 0.15) is 16.7 Å². The quantitative estimate of drug-likeness (QED) is 0.640. The summed E-state index contributed by atoms with van der Waals surface area (Å²) in [7, 11) is 2.21. The van der Waals surface area contributed by atoms with Gasteiger partial charge in [-0.1, -0.05) is 30.3 Å². The summed E-state index contributed by atoms with van der Waals surface area (Å²) in [6, 6.07) is 13.8. The lowest BCUT2D eigenvalue weighted by molar-refractivity contribution is -0.941. The van der Waals surface area contributed by atoms with E-state index in [1.807, 2.05) is 6.07 Å². The van der Waals surface area contributed by atoms with Gasteiger partial charge in [0.15, 0.2) is 11.5 Å². The Kier molecular flexibility index (Phi) is 2.72. The van der Waals surface area contributed by atoms with Crippen LogP contribution < -0.4 is 0 Å². The second-order valence-electron chi connectivity index (χ2n) is 5.69. The molecule has 19 heavy (non-hydrogen) atoms. The molecule has 3 rings (SSSR count). The minimum atomic E-state index is -0.0214. The van der Waals surface area contributed by atoms with E-state index in [4.69, 9.17) is 0 Å². The lowest BCUT2D eigenvalue weighted by Crippen LogP contribution is -2.37. The van der Waals surface area contributed by atoms with Crippen molar-refractivity contribution in [3.05, 3.63) is 59.2 Å². The second-order valence-corrected chi connectivity index (χ2v) is 5.69. The molecule has 0 unspecified atom stereocenters. The number of aromatic hydroxyl groups is 2. The van der Waals surface area contributed by atoms with Gasteiger partial charge < -0.3 is 14.7 Å². The Morgan fingerprint density at radius 1 is 0.947 bits per heavy atom. The molecule has 2 aromatic rings. The van der Waals surface area contributed by atoms with Crippen molar-refractivity contribution < 1.29 is 14.7 Å². The van der Waals surface area contributed by atoms with Gasteiger partial charge in [0.2, 0.25) is 0 Å². The summed E-state index contributed by atoms with van der Waals surface area (Å²) in [5, 5.41) is 19.2. The van der Waals surface area contributed by atoms with E-state index in [1.165, 1.54) is 5.56 Å². The fourth-order valence-corrected chi connectivity index (χ4v) is 2.97. The Bertz CT molecular complexity index is 577. The van der Waals surface area contributed by atoms with Crippen molar-refractivity contribution >= 4 is 0 Å². The van der Waals surface area contributed by atoms with E-state index >= 15 is 0 Å². The monoisotopic (exact) mass is 256 g/mol. The predicted molar refractivity (Wildman–Crippen MR) is 73.5 cm³/mol. The number of fused-ring (bicyclic) bond motifs is 1. The van der Waals surface area contributed by atoms with Crippen molar-refractivity contribution in [1.82, 2.24) is 0 Å². The smallest absolute Gasteiger partial charge is 0.157 e. The van der Waals surface area contributed by atoms with E-state index in [1.54, 1.807) is 12.1 Å². The van der Waals surface area contributed by atoms with Crippen LogP contribution >= 0.6 is 0 Å². The summed E-state index contributed by atoms with van der Waals surface area (Å²) >= 11 is 0. The molecule has 0 atom stereocenters. The van der Waals surface area contributed by atoms with E-state index in [2.05, 4.69) is 31.3 Å². The van der Waals surface area contributed by atoms with Crippen LogP contribution in [0.4, 0.5) is 0 Å². The van der Waals surface area contributed by atoms with Crippen molar-refractivity contribution in [3.8, 4) is 11.5 Å². The van der Waals surface area contributed by atoms with E-state index in [0.717, 1.165) is 35.2 Å². The normalized spacial score (nSPS) is 16.3. The van der Waals surface area contributed by atoms with Gasteiger partial charge >= 0.3 is 0 Å². The lowest BCUT2D eigenvalue weighted by Gasteiger charge is -2.29. The molecule has 3 nitrogen and oxygen atoms in total. The van der Waals surface area contributed by atoms with Gasteiger partial charge in [-0.3, -0.25) is 0 Å². The zero-order chi connectivity index (χ0) is 13.5. The first kappa shape index (κ1) is 12.1. The van der Waals surface area contributed by atoms with Gasteiger partial charge in [0, 0.05) is 16.7 Å². The van der Waals surface area contributed by atoms with Crippen LogP contribution in [0, 0.1) is 0 Å². The first-order valence-electron chi connectivity index (χ1n) is 6.47. The van der Waals surface area contributed by atoms with Crippen LogP contribution in [-0.2, 0) is 19.6 Å². The summed E-state index contributed by atoms with van der Waals surface area (Å²) in [5.74, 6) is -0.0428. The average Bonchev–Trinajstić information content (AvgIpc) is 2.66. The van der Waals surface area contributed by atoms with E-state index in [-0.39, 0.29) is 11.5 Å². The fraction of sp³-hybridized carbons (Fsp3) is 0.250. The average molecular weight is 256 g/mol. The van der Waals surface area contributed by atoms with Crippen molar-refractivity contribution in [3.63, 3.8) is 0 Å². The number of phenolic OH excluding ortho intramolecular Hbond substituents is 2. The van der Waals surface area contributed by atoms with Gasteiger partial charge in [-0.15, -0.1) is 0 Å². The molecule has 1 heterocycles. The molecule has 0 saturated carbocycles. The Labute approximate surface area is 113 Å². The molecule has 1 aliphatic heterocycles. The van der Waals surface area contributed by atoms with Gasteiger partial charge in [0.1, 0.15) is 19.6 Å². The highest BCUT2D eigenvalue weighted by atomic mass is 16.3. The van der Waals surface area contributed by atoms with Gasteiger partial charge in [-0.05, 0) is 12.1 Å². The van der Waals surface area contributed by atoms with Crippen molar-refractivity contribution in [2.75, 3.05) is 7.05 Å². The molecule has 0 bridgehead atoms. The first-order chi connectivity index (χ1) is 9.06. The summed E-state index contributed by atoms with van der Waals surface area (Å²) in [6.45, 7) is 2.73. The lowest BCUT2D eigenvalue weighted by atomic mass is 10.1. The van der Waals surface area contributed by atoms with Gasteiger partial charge in [0.25, 0.3) is 0 Å². The maximum Gasteiger partial charge on any atom is 0.157 e. The topological polar surface area (TPSA) is 40.5 Å². The molecule has 0 fully saturated rings. The van der Waals surface area contributed by atoms with Crippen molar-refractivity contribution in [1.29, 1.82) is 0 Å². The van der Waals surface area contributed by atoms with E-state index in [9.17, 15) is 10.2 Å². The molecule has 98 valence electrons. The maximum atomic E-state index is 9.59. The van der Waals surface area contributed by atoms with Gasteiger partial charge in [-0.25, -0.2) is 0 Å². The maximum absolute atomic E-state index is 9.59. The zero-order valence-electron chi connectivity index (χ0n) is 11.0. The molecule has 0 radical (unpaired) electrons. The SMILES string of the molecule is C[N+]1(Cc2ccccc2)Cc2cc(O)c(O)cc2C1. The molecular formula is C16H18NO2+. The highest BCUT2D eigenvalue weighted by molar-refractivity contribution is 5.46. The fourth-order valence-electron chi connectivity index (χ4n) is 2.97. The summed E-state index contributed by atoms with van der Waals surface area (Å²) in [5.41, 5.74) is 3.58. The second kappa shape index (κ2) is 4.28. The zero-order valence-corrected chi connectivity index (χ0v) is 11.0. The minimum absolute atomic E-state index is 0.0214.